The number of halogens is 3. The highest BCUT2D eigenvalue weighted by molar-refractivity contribution is 5.99. The molecule has 0 aliphatic heterocycles. The average Bonchev–Trinajstić information content (AvgIpc) is 3.32. The fraction of sp³-hybridized carbons (Fsp3) is 0.233. The lowest BCUT2D eigenvalue weighted by Gasteiger charge is -2.18. The normalized spacial score (nSPS) is 11.8. The molecular weight excluding hydrogens is 507 g/mol. The Morgan fingerprint density at radius 2 is 1.59 bits per heavy atom. The van der Waals surface area contributed by atoms with Crippen LogP contribution in [0.25, 0.3) is 22.8 Å². The van der Waals surface area contributed by atoms with Crippen molar-refractivity contribution in [3.63, 3.8) is 0 Å². The van der Waals surface area contributed by atoms with Gasteiger partial charge in [0.1, 0.15) is 0 Å². The number of nitrogens with one attached hydrogen (secondary N) is 2. The molecule has 2 amide bonds. The summed E-state index contributed by atoms with van der Waals surface area (Å²) in [6, 6.07) is 19.3. The second-order valence-electron chi connectivity index (χ2n) is 10.1. The minimum absolute atomic E-state index is 0.0673. The lowest BCUT2D eigenvalue weighted by molar-refractivity contribution is -0.138. The molecule has 202 valence electrons. The van der Waals surface area contributed by atoms with Crippen molar-refractivity contribution in [1.82, 2.24) is 10.3 Å². The molecule has 1 heterocycles. The predicted octanol–water partition coefficient (Wildman–Crippen LogP) is 7.21. The number of rotatable bonds is 6. The van der Waals surface area contributed by atoms with Crippen molar-refractivity contribution in [2.45, 2.75) is 45.8 Å². The van der Waals surface area contributed by atoms with Gasteiger partial charge in [-0.25, -0.2) is 4.98 Å². The maximum Gasteiger partial charge on any atom is 0.416 e. The summed E-state index contributed by atoms with van der Waals surface area (Å²) in [5.74, 6) is -0.672. The number of hydrogen-bond acceptors (Lipinski definition) is 4. The summed E-state index contributed by atoms with van der Waals surface area (Å²) in [4.78, 5) is 29.3. The molecule has 0 saturated carbocycles. The van der Waals surface area contributed by atoms with Crippen molar-refractivity contribution in [3.05, 3.63) is 95.2 Å². The molecule has 0 aliphatic rings. The van der Waals surface area contributed by atoms with E-state index in [2.05, 4.69) is 36.4 Å². The second kappa shape index (κ2) is 10.8. The number of aromatic nitrogens is 1. The van der Waals surface area contributed by atoms with E-state index in [-0.39, 0.29) is 40.8 Å². The molecule has 4 aromatic rings. The first-order valence-corrected chi connectivity index (χ1v) is 12.3. The fourth-order valence-electron chi connectivity index (χ4n) is 4.06. The summed E-state index contributed by atoms with van der Waals surface area (Å²) in [7, 11) is 0. The third kappa shape index (κ3) is 6.54. The van der Waals surface area contributed by atoms with E-state index in [4.69, 9.17) is 4.42 Å². The zero-order valence-electron chi connectivity index (χ0n) is 21.9. The molecule has 9 heteroatoms. The van der Waals surface area contributed by atoms with Crippen LogP contribution in [-0.4, -0.2) is 16.8 Å². The van der Waals surface area contributed by atoms with Gasteiger partial charge in [-0.05, 0) is 46.9 Å². The molecule has 0 saturated heterocycles. The highest BCUT2D eigenvalue weighted by Crippen LogP contribution is 2.34. The van der Waals surface area contributed by atoms with E-state index < -0.39 is 17.6 Å². The molecule has 0 aliphatic carbocycles. The number of benzene rings is 3. The van der Waals surface area contributed by atoms with Crippen LogP contribution in [0.1, 0.15) is 54.9 Å². The zero-order chi connectivity index (χ0) is 28.4. The van der Waals surface area contributed by atoms with Crippen molar-refractivity contribution < 1.29 is 27.2 Å². The molecule has 0 spiro atoms. The van der Waals surface area contributed by atoms with Crippen molar-refractivity contribution in [1.29, 1.82) is 0 Å². The van der Waals surface area contributed by atoms with Crippen molar-refractivity contribution in [2.24, 2.45) is 0 Å². The average molecular weight is 536 g/mol. The summed E-state index contributed by atoms with van der Waals surface area (Å²) in [6.07, 6.45) is -4.56. The summed E-state index contributed by atoms with van der Waals surface area (Å²) in [5, 5.41) is 5.23. The van der Waals surface area contributed by atoms with Crippen LogP contribution in [0.4, 0.5) is 18.9 Å². The van der Waals surface area contributed by atoms with Gasteiger partial charge in [-0.2, -0.15) is 13.2 Å². The number of hydrogen-bond donors (Lipinski definition) is 2. The number of nitrogens with zero attached hydrogens (tertiary/aromatic N) is 1. The molecule has 4 rings (SSSR count). The number of alkyl halides is 3. The number of amides is 2. The number of carbonyl (C=O) groups is 2. The van der Waals surface area contributed by atoms with Crippen molar-refractivity contribution in [2.75, 3.05) is 5.32 Å². The molecule has 39 heavy (non-hydrogen) atoms. The Hall–Kier alpha value is -4.40. The van der Waals surface area contributed by atoms with E-state index in [1.165, 1.54) is 25.1 Å². The Bertz CT molecular complexity index is 1500. The van der Waals surface area contributed by atoms with Gasteiger partial charge < -0.3 is 15.1 Å². The summed E-state index contributed by atoms with van der Waals surface area (Å²) >= 11 is 0. The van der Waals surface area contributed by atoms with E-state index in [0.717, 1.165) is 11.6 Å². The first-order valence-electron chi connectivity index (χ1n) is 12.3. The highest BCUT2D eigenvalue weighted by atomic mass is 19.4. The smallest absolute Gasteiger partial charge is 0.416 e. The Kier molecular flexibility index (Phi) is 7.63. The van der Waals surface area contributed by atoms with Gasteiger partial charge in [0, 0.05) is 30.3 Å². The third-order valence-electron chi connectivity index (χ3n) is 6.05. The van der Waals surface area contributed by atoms with Crippen molar-refractivity contribution >= 4 is 17.5 Å². The van der Waals surface area contributed by atoms with Gasteiger partial charge in [0.2, 0.25) is 11.8 Å². The topological polar surface area (TPSA) is 84.2 Å². The van der Waals surface area contributed by atoms with Gasteiger partial charge >= 0.3 is 6.18 Å². The standard InChI is InChI=1S/C30H28F3N3O3/c1-18(37)35-23-10-7-9-20(16-23)26-25(27(38)34-17-21-8-5-6-11-24(21)30(31,32)33)36-28(39-26)19-12-14-22(15-13-19)29(2,3)4/h5-16H,17H2,1-4H3,(H,34,38)(H,35,37). The summed E-state index contributed by atoms with van der Waals surface area (Å²) < 4.78 is 46.4. The van der Waals surface area contributed by atoms with E-state index in [0.29, 0.717) is 16.8 Å². The summed E-state index contributed by atoms with van der Waals surface area (Å²) in [6.45, 7) is 7.28. The van der Waals surface area contributed by atoms with Gasteiger partial charge in [-0.1, -0.05) is 63.2 Å². The third-order valence-corrected chi connectivity index (χ3v) is 6.05. The lowest BCUT2D eigenvalue weighted by atomic mass is 9.87. The second-order valence-corrected chi connectivity index (χ2v) is 10.1. The molecule has 0 radical (unpaired) electrons. The van der Waals surface area contributed by atoms with Gasteiger partial charge in [0.05, 0.1) is 5.56 Å². The molecule has 0 unspecified atom stereocenters. The number of oxazole rings is 1. The first-order chi connectivity index (χ1) is 18.3. The molecule has 3 aromatic carbocycles. The van der Waals surface area contributed by atoms with E-state index in [1.54, 1.807) is 24.3 Å². The Morgan fingerprint density at radius 1 is 0.897 bits per heavy atom. The SMILES string of the molecule is CC(=O)Nc1cccc(-c2oc(-c3ccc(C(C)(C)C)cc3)nc2C(=O)NCc2ccccc2C(F)(F)F)c1. The van der Waals surface area contributed by atoms with Crippen LogP contribution in [-0.2, 0) is 22.9 Å². The van der Waals surface area contributed by atoms with E-state index >= 15 is 0 Å². The van der Waals surface area contributed by atoms with Crippen LogP contribution in [0.15, 0.2) is 77.2 Å². The van der Waals surface area contributed by atoms with Crippen LogP contribution < -0.4 is 10.6 Å². The minimum atomic E-state index is -4.56. The van der Waals surface area contributed by atoms with Crippen LogP contribution in [0.5, 0.6) is 0 Å². The molecule has 0 atom stereocenters. The monoisotopic (exact) mass is 535 g/mol. The lowest BCUT2D eigenvalue weighted by Crippen LogP contribution is -2.25. The van der Waals surface area contributed by atoms with E-state index in [1.807, 2.05) is 24.3 Å². The number of anilines is 1. The maximum absolute atomic E-state index is 13.4. The van der Waals surface area contributed by atoms with Crippen LogP contribution >= 0.6 is 0 Å². The maximum atomic E-state index is 13.4. The highest BCUT2D eigenvalue weighted by Gasteiger charge is 2.33. The largest absolute Gasteiger partial charge is 0.435 e. The summed E-state index contributed by atoms with van der Waals surface area (Å²) in [5.41, 5.74) is 1.62. The van der Waals surface area contributed by atoms with Gasteiger partial charge in [0.25, 0.3) is 5.91 Å². The molecule has 0 bridgehead atoms. The van der Waals surface area contributed by atoms with Crippen LogP contribution in [0, 0.1) is 0 Å². The van der Waals surface area contributed by atoms with Gasteiger partial charge in [-0.3, -0.25) is 9.59 Å². The molecule has 6 nitrogen and oxygen atoms in total. The Morgan fingerprint density at radius 3 is 2.23 bits per heavy atom. The molecular formula is C30H28F3N3O3. The molecule has 2 N–H and O–H groups in total. The number of carbonyl (C=O) groups excluding carboxylic acids is 2. The molecule has 1 aromatic heterocycles. The van der Waals surface area contributed by atoms with Crippen LogP contribution in [0.3, 0.4) is 0 Å². The zero-order valence-corrected chi connectivity index (χ0v) is 21.9. The fourth-order valence-corrected chi connectivity index (χ4v) is 4.06. The Balaban J connectivity index is 1.72. The Labute approximate surface area is 224 Å². The van der Waals surface area contributed by atoms with Crippen LogP contribution in [0.2, 0.25) is 0 Å². The van der Waals surface area contributed by atoms with Gasteiger partial charge in [-0.15, -0.1) is 0 Å². The molecule has 0 fully saturated rings. The first kappa shape index (κ1) is 27.6. The van der Waals surface area contributed by atoms with E-state index in [9.17, 15) is 22.8 Å². The minimum Gasteiger partial charge on any atom is -0.435 e. The quantitative estimate of drug-likeness (QED) is 0.273. The van der Waals surface area contributed by atoms with Crippen molar-refractivity contribution in [3.8, 4) is 22.8 Å². The van der Waals surface area contributed by atoms with Gasteiger partial charge in [0.15, 0.2) is 11.5 Å². The predicted molar refractivity (Wildman–Crippen MR) is 143 cm³/mol.